The highest BCUT2D eigenvalue weighted by Crippen LogP contribution is 2.39. The maximum absolute atomic E-state index is 5.84. The topological polar surface area (TPSA) is 0 Å². The van der Waals surface area contributed by atoms with Crippen LogP contribution < -0.4 is 0 Å². The molecule has 0 aliphatic heterocycles. The third kappa shape index (κ3) is 2.43. The molecular weight excluding hydrogens is 238 g/mol. The summed E-state index contributed by atoms with van der Waals surface area (Å²) in [4.78, 5) is 0. The summed E-state index contributed by atoms with van der Waals surface area (Å²) in [5.74, 6) is 0. The van der Waals surface area contributed by atoms with Crippen LogP contribution in [0.5, 0.6) is 0 Å². The molecule has 0 aliphatic rings. The largest absolute Gasteiger partial charge is 0.216 e. The average molecular weight is 244 g/mol. The van der Waals surface area contributed by atoms with Gasteiger partial charge >= 0.3 is 0 Å². The van der Waals surface area contributed by atoms with E-state index in [1.54, 1.807) is 12.1 Å². The zero-order valence-electron chi connectivity index (χ0n) is 6.24. The van der Waals surface area contributed by atoms with Gasteiger partial charge in [-0.1, -0.05) is 58.5 Å². The fourth-order valence-corrected chi connectivity index (χ4v) is 1.30. The van der Waals surface area contributed by atoms with Gasteiger partial charge in [-0.05, 0) is 18.6 Å². The minimum absolute atomic E-state index is 0.586. The molecule has 0 heterocycles. The van der Waals surface area contributed by atoms with Crippen molar-refractivity contribution in [2.75, 3.05) is 0 Å². The molecule has 0 fully saturated rings. The summed E-state index contributed by atoms with van der Waals surface area (Å²) in [5.41, 5.74) is 1.55. The monoisotopic (exact) mass is 242 g/mol. The number of alkyl halides is 3. The van der Waals surface area contributed by atoms with Crippen LogP contribution in [0.2, 0.25) is 5.02 Å². The second kappa shape index (κ2) is 3.63. The van der Waals surface area contributed by atoms with Crippen LogP contribution in [-0.2, 0) is 3.79 Å². The van der Waals surface area contributed by atoms with Crippen LogP contribution in [0.25, 0.3) is 0 Å². The Hall–Kier alpha value is 0.380. The molecule has 0 atom stereocenters. The van der Waals surface area contributed by atoms with E-state index in [0.29, 0.717) is 10.6 Å². The van der Waals surface area contributed by atoms with E-state index in [0.717, 1.165) is 5.56 Å². The van der Waals surface area contributed by atoms with Crippen LogP contribution in [0.3, 0.4) is 0 Å². The molecule has 0 radical (unpaired) electrons. The van der Waals surface area contributed by atoms with E-state index >= 15 is 0 Å². The Balaban J connectivity index is 3.14. The Kier molecular flexibility index (Phi) is 3.16. The van der Waals surface area contributed by atoms with Gasteiger partial charge in [-0.2, -0.15) is 0 Å². The lowest BCUT2D eigenvalue weighted by Crippen LogP contribution is -1.99. The molecule has 0 unspecified atom stereocenters. The van der Waals surface area contributed by atoms with E-state index < -0.39 is 3.79 Å². The highest BCUT2D eigenvalue weighted by Gasteiger charge is 2.22. The third-order valence-electron chi connectivity index (χ3n) is 1.50. The summed E-state index contributed by atoms with van der Waals surface area (Å²) in [6.07, 6.45) is 0. The van der Waals surface area contributed by atoms with E-state index in [2.05, 4.69) is 0 Å². The molecule has 12 heavy (non-hydrogen) atoms. The second-order valence-corrected chi connectivity index (χ2v) is 5.15. The minimum atomic E-state index is -1.39. The molecule has 0 nitrogen and oxygen atoms in total. The lowest BCUT2D eigenvalue weighted by atomic mass is 10.2. The van der Waals surface area contributed by atoms with Crippen LogP contribution in [-0.4, -0.2) is 0 Å². The van der Waals surface area contributed by atoms with Crippen molar-refractivity contribution in [2.45, 2.75) is 10.7 Å². The van der Waals surface area contributed by atoms with Crippen molar-refractivity contribution < 1.29 is 0 Å². The van der Waals surface area contributed by atoms with Crippen molar-refractivity contribution in [3.63, 3.8) is 0 Å². The van der Waals surface area contributed by atoms with Gasteiger partial charge in [-0.3, -0.25) is 0 Å². The Labute approximate surface area is 91.4 Å². The van der Waals surface area contributed by atoms with Gasteiger partial charge < -0.3 is 0 Å². The summed E-state index contributed by atoms with van der Waals surface area (Å²) in [7, 11) is 0. The second-order valence-electron chi connectivity index (χ2n) is 2.46. The SMILES string of the molecule is Cc1ccc(C(Cl)(Cl)Cl)cc1Cl. The normalized spacial score (nSPS) is 11.8. The predicted molar refractivity (Wildman–Crippen MR) is 55.4 cm³/mol. The van der Waals surface area contributed by atoms with Crippen LogP contribution >= 0.6 is 46.4 Å². The van der Waals surface area contributed by atoms with Crippen molar-refractivity contribution in [1.29, 1.82) is 0 Å². The van der Waals surface area contributed by atoms with Crippen LogP contribution in [0.15, 0.2) is 18.2 Å². The van der Waals surface area contributed by atoms with Crippen LogP contribution in [0, 0.1) is 6.92 Å². The van der Waals surface area contributed by atoms with Crippen molar-refractivity contribution in [2.24, 2.45) is 0 Å². The van der Waals surface area contributed by atoms with Gasteiger partial charge in [0.25, 0.3) is 0 Å². The number of benzene rings is 1. The summed E-state index contributed by atoms with van der Waals surface area (Å²) in [6, 6.07) is 5.22. The van der Waals surface area contributed by atoms with Gasteiger partial charge in [0.05, 0.1) is 0 Å². The Morgan fingerprint density at radius 1 is 1.17 bits per heavy atom. The zero-order chi connectivity index (χ0) is 9.35. The Morgan fingerprint density at radius 3 is 2.17 bits per heavy atom. The lowest BCUT2D eigenvalue weighted by molar-refractivity contribution is 1.23. The number of hydrogen-bond donors (Lipinski definition) is 0. The summed E-state index contributed by atoms with van der Waals surface area (Å²) in [5, 5.41) is 0.610. The van der Waals surface area contributed by atoms with Gasteiger partial charge in [0, 0.05) is 10.6 Å². The van der Waals surface area contributed by atoms with Crippen molar-refractivity contribution in [3.8, 4) is 0 Å². The average Bonchev–Trinajstić information content (AvgIpc) is 1.92. The minimum Gasteiger partial charge on any atom is -0.0840 e. The highest BCUT2D eigenvalue weighted by atomic mass is 35.6. The van der Waals surface area contributed by atoms with Gasteiger partial charge in [-0.15, -0.1) is 0 Å². The molecule has 1 rings (SSSR count). The third-order valence-corrected chi connectivity index (χ3v) is 2.56. The molecule has 1 aromatic rings. The first-order chi connectivity index (χ1) is 5.41. The fourth-order valence-electron chi connectivity index (χ4n) is 0.769. The van der Waals surface area contributed by atoms with Crippen LogP contribution in [0.1, 0.15) is 11.1 Å². The molecule has 0 spiro atoms. The molecule has 0 aromatic heterocycles. The Morgan fingerprint density at radius 2 is 1.75 bits per heavy atom. The molecule has 4 heteroatoms. The first kappa shape index (κ1) is 10.5. The maximum Gasteiger partial charge on any atom is 0.216 e. The highest BCUT2D eigenvalue weighted by molar-refractivity contribution is 6.66. The number of aryl methyl sites for hydroxylation is 1. The van der Waals surface area contributed by atoms with Crippen LogP contribution in [0.4, 0.5) is 0 Å². The van der Waals surface area contributed by atoms with Gasteiger partial charge in [0.15, 0.2) is 0 Å². The van der Waals surface area contributed by atoms with Gasteiger partial charge in [0.2, 0.25) is 3.79 Å². The Bertz CT molecular complexity index is 288. The van der Waals surface area contributed by atoms with Gasteiger partial charge in [-0.25, -0.2) is 0 Å². The van der Waals surface area contributed by atoms with Crippen molar-refractivity contribution in [1.82, 2.24) is 0 Å². The molecule has 0 amide bonds. The quantitative estimate of drug-likeness (QED) is 0.590. The predicted octanol–water partition coefficient (Wildman–Crippen LogP) is 4.48. The number of halogens is 4. The first-order valence-corrected chi connectivity index (χ1v) is 4.76. The molecule has 0 aliphatic carbocycles. The molecule has 0 saturated carbocycles. The molecule has 1 aromatic carbocycles. The molecule has 66 valence electrons. The van der Waals surface area contributed by atoms with E-state index in [-0.39, 0.29) is 0 Å². The summed E-state index contributed by atoms with van der Waals surface area (Å²) >= 11 is 22.8. The van der Waals surface area contributed by atoms with Crippen molar-refractivity contribution in [3.05, 3.63) is 34.3 Å². The van der Waals surface area contributed by atoms with Crippen molar-refractivity contribution >= 4 is 46.4 Å². The lowest BCUT2D eigenvalue weighted by Gasteiger charge is -2.11. The van der Waals surface area contributed by atoms with E-state index in [1.807, 2.05) is 13.0 Å². The smallest absolute Gasteiger partial charge is 0.0840 e. The van der Waals surface area contributed by atoms with E-state index in [4.69, 9.17) is 46.4 Å². The molecular formula is C8H6Cl4. The fraction of sp³-hybridized carbons (Fsp3) is 0.250. The number of hydrogen-bond acceptors (Lipinski definition) is 0. The summed E-state index contributed by atoms with van der Waals surface area (Å²) in [6.45, 7) is 1.89. The summed E-state index contributed by atoms with van der Waals surface area (Å²) < 4.78 is -1.39. The van der Waals surface area contributed by atoms with Gasteiger partial charge in [0.1, 0.15) is 0 Å². The molecule has 0 bridgehead atoms. The first-order valence-electron chi connectivity index (χ1n) is 3.24. The molecule has 0 N–H and O–H groups in total. The van der Waals surface area contributed by atoms with E-state index in [1.165, 1.54) is 0 Å². The molecule has 0 saturated heterocycles. The maximum atomic E-state index is 5.84. The standard InChI is InChI=1S/C8H6Cl4/c1-5-2-3-6(4-7(5)9)8(10,11)12/h2-4H,1H3. The van der Waals surface area contributed by atoms with E-state index in [9.17, 15) is 0 Å². The number of rotatable bonds is 0. The zero-order valence-corrected chi connectivity index (χ0v) is 9.27.